The van der Waals surface area contributed by atoms with Crippen LogP contribution in [0.15, 0.2) is 0 Å². The van der Waals surface area contributed by atoms with Gasteiger partial charge in [0.1, 0.15) is 0 Å². The monoisotopic (exact) mass is 248 g/mol. The predicted molar refractivity (Wildman–Crippen MR) is 79.1 cm³/mol. The SMILES string of the molecule is [CH]CCC[Si](CCC[CH])(CCC[CH])CCC[CH]. The van der Waals surface area contributed by atoms with Gasteiger partial charge in [0.15, 0.2) is 0 Å². The van der Waals surface area contributed by atoms with Gasteiger partial charge < -0.3 is 0 Å². The van der Waals surface area contributed by atoms with Crippen molar-refractivity contribution in [1.82, 2.24) is 0 Å². The molecule has 0 N–H and O–H groups in total. The van der Waals surface area contributed by atoms with E-state index in [1.807, 2.05) is 0 Å². The lowest BCUT2D eigenvalue weighted by Gasteiger charge is -2.32. The molecule has 0 heterocycles. The Kier molecular flexibility index (Phi) is 11.5. The molecule has 96 valence electrons. The van der Waals surface area contributed by atoms with Gasteiger partial charge in [-0.3, -0.25) is 0 Å². The van der Waals surface area contributed by atoms with Crippen LogP contribution >= 0.6 is 0 Å². The predicted octanol–water partition coefficient (Wildman–Crippen LogP) is 5.40. The summed E-state index contributed by atoms with van der Waals surface area (Å²) in [6, 6.07) is 5.35. The largest absolute Gasteiger partial charge is 0.0571 e. The summed E-state index contributed by atoms with van der Waals surface area (Å²) in [5, 5.41) is 0. The molecule has 0 fully saturated rings. The maximum Gasteiger partial charge on any atom is 0.0535 e. The Bertz CT molecular complexity index is 116. The summed E-state index contributed by atoms with van der Waals surface area (Å²) < 4.78 is 0. The fourth-order valence-electron chi connectivity index (χ4n) is 2.66. The molecule has 0 saturated heterocycles. The van der Waals surface area contributed by atoms with Crippen LogP contribution in [-0.4, -0.2) is 8.07 Å². The van der Waals surface area contributed by atoms with Gasteiger partial charge in [0, 0.05) is 0 Å². The Hall–Kier alpha value is 0.217. The minimum Gasteiger partial charge on any atom is -0.0571 e. The summed E-state index contributed by atoms with van der Waals surface area (Å²) in [4.78, 5) is 0. The van der Waals surface area contributed by atoms with Crippen LogP contribution in [0.4, 0.5) is 0 Å². The van der Waals surface area contributed by atoms with Gasteiger partial charge in [0.05, 0.1) is 8.07 Å². The van der Waals surface area contributed by atoms with Crippen LogP contribution in [0.3, 0.4) is 0 Å². The first-order valence-electron chi connectivity index (χ1n) is 7.05. The second kappa shape index (κ2) is 11.3. The van der Waals surface area contributed by atoms with Gasteiger partial charge in [-0.15, -0.1) is 0 Å². The van der Waals surface area contributed by atoms with Crippen LogP contribution in [0.2, 0.25) is 24.2 Å². The number of hydrogen-bond donors (Lipinski definition) is 0. The first-order valence-corrected chi connectivity index (χ1v) is 9.88. The zero-order valence-electron chi connectivity index (χ0n) is 11.3. The van der Waals surface area contributed by atoms with E-state index in [2.05, 4.69) is 0 Å². The molecule has 17 heavy (non-hydrogen) atoms. The lowest BCUT2D eigenvalue weighted by Crippen LogP contribution is -2.33. The van der Waals surface area contributed by atoms with Gasteiger partial charge in [-0.1, -0.05) is 75.5 Å². The van der Waals surface area contributed by atoms with Crippen molar-refractivity contribution in [3.05, 3.63) is 27.7 Å². The Morgan fingerprint density at radius 2 is 0.706 bits per heavy atom. The van der Waals surface area contributed by atoms with Crippen molar-refractivity contribution in [2.75, 3.05) is 0 Å². The van der Waals surface area contributed by atoms with E-state index in [0.717, 1.165) is 51.4 Å². The quantitative estimate of drug-likeness (QED) is 0.406. The molecule has 0 nitrogen and oxygen atoms in total. The van der Waals surface area contributed by atoms with Crippen molar-refractivity contribution in [2.24, 2.45) is 0 Å². The lowest BCUT2D eigenvalue weighted by molar-refractivity contribution is 0.804. The molecule has 0 aromatic heterocycles. The highest BCUT2D eigenvalue weighted by Gasteiger charge is 2.29. The van der Waals surface area contributed by atoms with E-state index < -0.39 is 8.07 Å². The van der Waals surface area contributed by atoms with Crippen LogP contribution in [0, 0.1) is 27.7 Å². The maximum absolute atomic E-state index is 5.67. The highest BCUT2D eigenvalue weighted by molar-refractivity contribution is 6.79. The maximum atomic E-state index is 5.67. The highest BCUT2D eigenvalue weighted by Crippen LogP contribution is 2.33. The first-order chi connectivity index (χ1) is 8.24. The highest BCUT2D eigenvalue weighted by atomic mass is 28.3. The van der Waals surface area contributed by atoms with Crippen molar-refractivity contribution in [3.63, 3.8) is 0 Å². The van der Waals surface area contributed by atoms with Gasteiger partial charge in [-0.2, -0.15) is 0 Å². The van der Waals surface area contributed by atoms with E-state index in [1.165, 1.54) is 24.2 Å². The van der Waals surface area contributed by atoms with Gasteiger partial charge in [0.2, 0.25) is 0 Å². The summed E-state index contributed by atoms with van der Waals surface area (Å²) in [7, 11) is -1.20. The van der Waals surface area contributed by atoms with Crippen molar-refractivity contribution < 1.29 is 0 Å². The number of unbranched alkanes of at least 4 members (excludes halogenated alkanes) is 4. The van der Waals surface area contributed by atoms with E-state index in [1.54, 1.807) is 0 Å². The molecule has 0 spiro atoms. The van der Waals surface area contributed by atoms with E-state index in [0.29, 0.717) is 0 Å². The van der Waals surface area contributed by atoms with Crippen LogP contribution in [0.25, 0.3) is 0 Å². The molecule has 1 heteroatoms. The molecule has 8 radical (unpaired) electrons. The lowest BCUT2D eigenvalue weighted by atomic mass is 10.4. The normalized spacial score (nSPS) is 12.0. The minimum atomic E-state index is -1.20. The van der Waals surface area contributed by atoms with Gasteiger partial charge in [0.25, 0.3) is 0 Å². The number of hydrogen-bond acceptors (Lipinski definition) is 0. The van der Waals surface area contributed by atoms with Gasteiger partial charge in [-0.05, 0) is 27.7 Å². The molecule has 0 aliphatic heterocycles. The molecule has 0 aromatic rings. The molecule has 0 rings (SSSR count). The van der Waals surface area contributed by atoms with Crippen molar-refractivity contribution in [2.45, 2.75) is 75.5 Å². The first kappa shape index (κ1) is 17.2. The van der Waals surface area contributed by atoms with Gasteiger partial charge in [-0.25, -0.2) is 0 Å². The van der Waals surface area contributed by atoms with E-state index >= 15 is 0 Å². The Morgan fingerprint density at radius 1 is 0.471 bits per heavy atom. The minimum absolute atomic E-state index is 0.808. The zero-order valence-corrected chi connectivity index (χ0v) is 12.3. The summed E-state index contributed by atoms with van der Waals surface area (Å²) >= 11 is 0. The summed E-state index contributed by atoms with van der Waals surface area (Å²) in [5.74, 6) is 0. The van der Waals surface area contributed by atoms with E-state index in [9.17, 15) is 0 Å². The van der Waals surface area contributed by atoms with Crippen LogP contribution in [-0.2, 0) is 0 Å². The van der Waals surface area contributed by atoms with Crippen LogP contribution in [0.5, 0.6) is 0 Å². The van der Waals surface area contributed by atoms with E-state index in [-0.39, 0.29) is 0 Å². The molecule has 0 saturated carbocycles. The van der Waals surface area contributed by atoms with Gasteiger partial charge >= 0.3 is 0 Å². The third-order valence-electron chi connectivity index (χ3n) is 3.64. The summed E-state index contributed by atoms with van der Waals surface area (Å²) in [5.41, 5.74) is 0. The molecular formula is C16H28Si. The Labute approximate surface area is 112 Å². The average molecular weight is 248 g/mol. The third kappa shape index (κ3) is 8.02. The van der Waals surface area contributed by atoms with Crippen molar-refractivity contribution in [3.8, 4) is 0 Å². The fourth-order valence-corrected chi connectivity index (χ4v) is 7.97. The second-order valence-corrected chi connectivity index (χ2v) is 10.1. The summed E-state index contributed by atoms with van der Waals surface area (Å²) in [6.07, 6.45) is 7.87. The molecule has 0 bridgehead atoms. The second-order valence-electron chi connectivity index (χ2n) is 5.07. The molecule has 0 aliphatic carbocycles. The van der Waals surface area contributed by atoms with E-state index in [4.69, 9.17) is 27.7 Å². The smallest absolute Gasteiger partial charge is 0.0535 e. The molecule has 0 aliphatic rings. The number of rotatable bonds is 12. The van der Waals surface area contributed by atoms with Crippen LogP contribution in [0.1, 0.15) is 51.4 Å². The molecular weight excluding hydrogens is 220 g/mol. The summed E-state index contributed by atoms with van der Waals surface area (Å²) in [6.45, 7) is 22.7. The molecule has 0 amide bonds. The fraction of sp³-hybridized carbons (Fsp3) is 0.750. The zero-order chi connectivity index (χ0) is 13.0. The van der Waals surface area contributed by atoms with Crippen LogP contribution < -0.4 is 0 Å². The molecule has 0 aromatic carbocycles. The molecule has 0 unspecified atom stereocenters. The van der Waals surface area contributed by atoms with Crippen molar-refractivity contribution >= 4 is 8.07 Å². The van der Waals surface area contributed by atoms with Crippen molar-refractivity contribution in [1.29, 1.82) is 0 Å². The third-order valence-corrected chi connectivity index (χ3v) is 9.30. The standard InChI is InChI=1S/C16H28Si/c1-5-9-13-17(14-10-6-2,15-11-7-3)16-12-8-4/h1-4H,5-16H2. The Morgan fingerprint density at radius 3 is 0.882 bits per heavy atom. The average Bonchev–Trinajstić information content (AvgIpc) is 2.37. The molecule has 0 atom stereocenters. The topological polar surface area (TPSA) is 0 Å². The Balaban J connectivity index is 4.39.